The number of rotatable bonds is 3. The number of morpholine rings is 1. The summed E-state index contributed by atoms with van der Waals surface area (Å²) in [4.78, 5) is 13.8. The third-order valence-corrected chi connectivity index (χ3v) is 2.70. The molecule has 1 atom stereocenters. The molecule has 1 aliphatic heterocycles. The molecular weight excluding hydrogens is 192 g/mol. The van der Waals surface area contributed by atoms with E-state index in [9.17, 15) is 4.79 Å². The molecule has 1 aliphatic rings. The second kappa shape index (κ2) is 4.94. The van der Waals surface area contributed by atoms with Gasteiger partial charge in [-0.1, -0.05) is 6.92 Å². The first-order chi connectivity index (χ1) is 6.94. The van der Waals surface area contributed by atoms with Crippen LogP contribution >= 0.6 is 0 Å². The number of ether oxygens (including phenoxy) is 1. The van der Waals surface area contributed by atoms with E-state index in [1.165, 1.54) is 0 Å². The summed E-state index contributed by atoms with van der Waals surface area (Å²) >= 11 is 0. The standard InChI is InChI=1S/C11H22N2O2/c1-9(7-12)6-10(14)13-4-5-15-11(2,3)8-13/h9H,4-8,12H2,1-3H3. The molecule has 88 valence electrons. The first kappa shape index (κ1) is 12.5. The predicted molar refractivity (Wildman–Crippen MR) is 59.4 cm³/mol. The average Bonchev–Trinajstić information content (AvgIpc) is 2.16. The van der Waals surface area contributed by atoms with Crippen molar-refractivity contribution in [3.8, 4) is 0 Å². The van der Waals surface area contributed by atoms with Crippen molar-refractivity contribution >= 4 is 5.91 Å². The van der Waals surface area contributed by atoms with Crippen LogP contribution in [0.5, 0.6) is 0 Å². The highest BCUT2D eigenvalue weighted by atomic mass is 16.5. The van der Waals surface area contributed by atoms with Crippen LogP contribution < -0.4 is 5.73 Å². The van der Waals surface area contributed by atoms with Crippen molar-refractivity contribution < 1.29 is 9.53 Å². The maximum absolute atomic E-state index is 11.9. The zero-order valence-corrected chi connectivity index (χ0v) is 9.95. The van der Waals surface area contributed by atoms with Gasteiger partial charge in [-0.05, 0) is 26.3 Å². The lowest BCUT2D eigenvalue weighted by Gasteiger charge is -2.38. The molecule has 0 radical (unpaired) electrons. The number of nitrogens with two attached hydrogens (primary N) is 1. The molecule has 1 amide bonds. The Labute approximate surface area is 91.8 Å². The van der Waals surface area contributed by atoms with Gasteiger partial charge in [-0.15, -0.1) is 0 Å². The predicted octanol–water partition coefficient (Wildman–Crippen LogP) is 0.609. The van der Waals surface area contributed by atoms with Gasteiger partial charge >= 0.3 is 0 Å². The Morgan fingerprint density at radius 2 is 2.27 bits per heavy atom. The van der Waals surface area contributed by atoms with Gasteiger partial charge in [-0.25, -0.2) is 0 Å². The molecule has 0 aromatic carbocycles. The average molecular weight is 214 g/mol. The molecule has 0 spiro atoms. The molecule has 1 heterocycles. The Bertz CT molecular complexity index is 229. The summed E-state index contributed by atoms with van der Waals surface area (Å²) in [5.41, 5.74) is 5.30. The van der Waals surface area contributed by atoms with E-state index in [0.29, 0.717) is 32.7 Å². The zero-order chi connectivity index (χ0) is 11.5. The smallest absolute Gasteiger partial charge is 0.223 e. The number of hydrogen-bond acceptors (Lipinski definition) is 3. The van der Waals surface area contributed by atoms with Crippen LogP contribution in [0.2, 0.25) is 0 Å². The highest BCUT2D eigenvalue weighted by Crippen LogP contribution is 2.17. The lowest BCUT2D eigenvalue weighted by molar-refractivity contribution is -0.146. The largest absolute Gasteiger partial charge is 0.372 e. The fourth-order valence-electron chi connectivity index (χ4n) is 1.74. The molecule has 1 saturated heterocycles. The van der Waals surface area contributed by atoms with E-state index in [1.807, 2.05) is 25.7 Å². The number of carbonyl (C=O) groups excluding carboxylic acids is 1. The topological polar surface area (TPSA) is 55.6 Å². The molecule has 1 rings (SSSR count). The van der Waals surface area contributed by atoms with Crippen molar-refractivity contribution in [1.82, 2.24) is 4.90 Å². The molecular formula is C11H22N2O2. The fraction of sp³-hybridized carbons (Fsp3) is 0.909. The van der Waals surface area contributed by atoms with Crippen LogP contribution in [-0.4, -0.2) is 42.6 Å². The first-order valence-electron chi connectivity index (χ1n) is 5.56. The molecule has 0 aliphatic carbocycles. The van der Waals surface area contributed by atoms with Crippen LogP contribution in [-0.2, 0) is 9.53 Å². The summed E-state index contributed by atoms with van der Waals surface area (Å²) in [6, 6.07) is 0. The van der Waals surface area contributed by atoms with E-state index >= 15 is 0 Å². The lowest BCUT2D eigenvalue weighted by atomic mass is 10.0. The van der Waals surface area contributed by atoms with Crippen LogP contribution in [0.4, 0.5) is 0 Å². The fourth-order valence-corrected chi connectivity index (χ4v) is 1.74. The molecule has 1 fully saturated rings. The first-order valence-corrected chi connectivity index (χ1v) is 5.56. The minimum atomic E-state index is -0.208. The van der Waals surface area contributed by atoms with Crippen molar-refractivity contribution in [3.05, 3.63) is 0 Å². The van der Waals surface area contributed by atoms with E-state index in [2.05, 4.69) is 0 Å². The maximum Gasteiger partial charge on any atom is 0.223 e. The van der Waals surface area contributed by atoms with Gasteiger partial charge in [0.25, 0.3) is 0 Å². The molecule has 0 saturated carbocycles. The summed E-state index contributed by atoms with van der Waals surface area (Å²) in [6.45, 7) is 8.62. The molecule has 4 heteroatoms. The minimum absolute atomic E-state index is 0.198. The molecule has 4 nitrogen and oxygen atoms in total. The Morgan fingerprint density at radius 1 is 1.60 bits per heavy atom. The van der Waals surface area contributed by atoms with Gasteiger partial charge in [0, 0.05) is 19.5 Å². The molecule has 0 bridgehead atoms. The lowest BCUT2D eigenvalue weighted by Crippen LogP contribution is -2.50. The third kappa shape index (κ3) is 3.80. The minimum Gasteiger partial charge on any atom is -0.372 e. The molecule has 1 unspecified atom stereocenters. The summed E-state index contributed by atoms with van der Waals surface area (Å²) in [6.07, 6.45) is 0.548. The van der Waals surface area contributed by atoms with Crippen molar-refractivity contribution in [2.24, 2.45) is 11.7 Å². The van der Waals surface area contributed by atoms with Gasteiger partial charge in [0.05, 0.1) is 12.2 Å². The van der Waals surface area contributed by atoms with Crippen LogP contribution in [0, 0.1) is 5.92 Å². The van der Waals surface area contributed by atoms with E-state index in [4.69, 9.17) is 10.5 Å². The Hall–Kier alpha value is -0.610. The monoisotopic (exact) mass is 214 g/mol. The van der Waals surface area contributed by atoms with Crippen LogP contribution in [0.15, 0.2) is 0 Å². The quantitative estimate of drug-likeness (QED) is 0.749. The Kier molecular flexibility index (Phi) is 4.11. The SMILES string of the molecule is CC(CN)CC(=O)N1CCOC(C)(C)C1. The summed E-state index contributed by atoms with van der Waals surface area (Å²) in [5.74, 6) is 0.466. The molecule has 15 heavy (non-hydrogen) atoms. The summed E-state index contributed by atoms with van der Waals surface area (Å²) in [5, 5.41) is 0. The van der Waals surface area contributed by atoms with Crippen molar-refractivity contribution in [3.63, 3.8) is 0 Å². The maximum atomic E-state index is 11.9. The number of hydrogen-bond donors (Lipinski definition) is 1. The molecule has 0 aromatic heterocycles. The van der Waals surface area contributed by atoms with Gasteiger partial charge in [-0.2, -0.15) is 0 Å². The Balaban J connectivity index is 2.46. The molecule has 0 aromatic rings. The van der Waals surface area contributed by atoms with E-state index in [-0.39, 0.29) is 17.4 Å². The highest BCUT2D eigenvalue weighted by Gasteiger charge is 2.29. The normalized spacial score (nSPS) is 22.5. The summed E-state index contributed by atoms with van der Waals surface area (Å²) in [7, 11) is 0. The van der Waals surface area contributed by atoms with E-state index < -0.39 is 0 Å². The number of carbonyl (C=O) groups is 1. The second-order valence-electron chi connectivity index (χ2n) is 4.97. The summed E-state index contributed by atoms with van der Waals surface area (Å²) < 4.78 is 5.56. The van der Waals surface area contributed by atoms with Crippen LogP contribution in [0.25, 0.3) is 0 Å². The van der Waals surface area contributed by atoms with Crippen molar-refractivity contribution in [2.45, 2.75) is 32.8 Å². The number of amides is 1. The van der Waals surface area contributed by atoms with Gasteiger partial charge < -0.3 is 15.4 Å². The van der Waals surface area contributed by atoms with E-state index in [1.54, 1.807) is 0 Å². The van der Waals surface area contributed by atoms with Crippen molar-refractivity contribution in [2.75, 3.05) is 26.2 Å². The zero-order valence-electron chi connectivity index (χ0n) is 9.95. The van der Waals surface area contributed by atoms with Gasteiger partial charge in [0.15, 0.2) is 0 Å². The van der Waals surface area contributed by atoms with Crippen LogP contribution in [0.1, 0.15) is 27.2 Å². The number of nitrogens with zero attached hydrogens (tertiary/aromatic N) is 1. The van der Waals surface area contributed by atoms with Gasteiger partial charge in [0.1, 0.15) is 0 Å². The Morgan fingerprint density at radius 3 is 2.80 bits per heavy atom. The van der Waals surface area contributed by atoms with Gasteiger partial charge in [0.2, 0.25) is 5.91 Å². The molecule has 2 N–H and O–H groups in total. The second-order valence-corrected chi connectivity index (χ2v) is 4.97. The van der Waals surface area contributed by atoms with Crippen LogP contribution in [0.3, 0.4) is 0 Å². The highest BCUT2D eigenvalue weighted by molar-refractivity contribution is 5.76. The third-order valence-electron chi connectivity index (χ3n) is 2.70. The van der Waals surface area contributed by atoms with Gasteiger partial charge in [-0.3, -0.25) is 4.79 Å². The van der Waals surface area contributed by atoms with E-state index in [0.717, 1.165) is 0 Å². The van der Waals surface area contributed by atoms with Crippen molar-refractivity contribution in [1.29, 1.82) is 0 Å².